The molecule has 0 aromatic rings. The highest BCUT2D eigenvalue weighted by Gasteiger charge is 2.31. The Labute approximate surface area is 436 Å². The van der Waals surface area contributed by atoms with Crippen LogP contribution in [0.3, 0.4) is 0 Å². The summed E-state index contributed by atoms with van der Waals surface area (Å²) < 4.78 is 23.6. The summed E-state index contributed by atoms with van der Waals surface area (Å²) >= 11 is 0. The number of hydrogen-bond donors (Lipinski definition) is 4. The number of amides is 1. The highest BCUT2D eigenvalue weighted by atomic mass is 31.2. The van der Waals surface area contributed by atoms with Gasteiger partial charge in [0.2, 0.25) is 5.91 Å². The van der Waals surface area contributed by atoms with Crippen LogP contribution in [0.5, 0.6) is 0 Å². The van der Waals surface area contributed by atoms with Crippen LogP contribution in [0.1, 0.15) is 213 Å². The van der Waals surface area contributed by atoms with E-state index in [4.69, 9.17) is 9.05 Å². The summed E-state index contributed by atoms with van der Waals surface area (Å²) in [5.74, 6) is -0.278. The average molecular weight is 1010 g/mol. The molecule has 0 aliphatic rings. The molecule has 0 bridgehead atoms. The fraction of sp³-hybridized carbons (Fsp3) is 0.689. The summed E-state index contributed by atoms with van der Waals surface area (Å²) in [6, 6.07) is -1.06. The number of unbranched alkanes of at least 4 members (excludes halogenated alkanes) is 18. The van der Waals surface area contributed by atoms with Gasteiger partial charge in [-0.2, -0.15) is 0 Å². The molecule has 0 aromatic carbocycles. The molecule has 0 saturated carbocycles. The third-order valence-corrected chi connectivity index (χ3v) is 13.1. The van der Waals surface area contributed by atoms with E-state index in [9.17, 15) is 24.5 Å². The molecule has 408 valence electrons. The molecule has 0 spiro atoms. The summed E-state index contributed by atoms with van der Waals surface area (Å²) in [5, 5.41) is 24.7. The van der Waals surface area contributed by atoms with Gasteiger partial charge in [0, 0.05) is 6.42 Å². The zero-order chi connectivity index (χ0) is 52.2. The monoisotopic (exact) mass is 1010 g/mol. The molecule has 0 fully saturated rings. The second-order valence-corrected chi connectivity index (χ2v) is 21.5. The first kappa shape index (κ1) is 68.1. The molecule has 0 rings (SSSR count). The number of phosphoric acid groups is 1. The molecular weight excluding hydrogens is 904 g/mol. The van der Waals surface area contributed by atoms with Crippen molar-refractivity contribution in [3.05, 3.63) is 109 Å². The Hall–Kier alpha value is -2.88. The van der Waals surface area contributed by atoms with Crippen molar-refractivity contribution in [2.75, 3.05) is 40.9 Å². The number of carbonyl (C=O) groups excluding carboxylic acids is 1. The van der Waals surface area contributed by atoms with Gasteiger partial charge in [0.05, 0.1) is 39.9 Å². The SMILES string of the molecule is CC/C=C\C/C=C\C/C=C\C/C=C\C/C=C\C/C=C\C/C=C\C/C=C\CCCCCCCCCCCCC(=O)NC(COP(=O)(O)OCC[N+](C)(C)C)C(O)C(O)CCC/C=C/CCCCCCCCC. The van der Waals surface area contributed by atoms with Crippen LogP contribution >= 0.6 is 7.82 Å². The minimum Gasteiger partial charge on any atom is -0.390 e. The van der Waals surface area contributed by atoms with Gasteiger partial charge in [-0.05, 0) is 103 Å². The van der Waals surface area contributed by atoms with E-state index in [0.29, 0.717) is 30.3 Å². The molecule has 0 saturated heterocycles. The standard InChI is InChI=1S/C61H107N2O7P/c1-6-8-10-12-14-16-18-20-21-22-23-24-25-26-27-28-29-30-31-32-33-34-35-36-37-38-39-40-41-42-44-46-48-50-52-54-60(65)62-58(57-70-71(67,68)69-56-55-63(3,4)5)61(66)59(64)53-51-49-47-45-43-19-17-15-13-11-9-7-2/h8,10,14,16,20-21,23-24,26-27,29-30,32-33,35-36,45,47,58-59,61,64,66H,6-7,9,11-13,15,17-19,22,25,28,31,34,37-44,46,48-57H2,1-5H3,(H-,62,65,67,68)/p+1/b10-8-,16-14-,21-20-,24-23-,27-26-,30-29-,33-32-,36-35-,47-45+. The second kappa shape index (κ2) is 50.6. The summed E-state index contributed by atoms with van der Waals surface area (Å²) in [7, 11) is 1.40. The number of phosphoric ester groups is 1. The van der Waals surface area contributed by atoms with Crippen molar-refractivity contribution in [3.63, 3.8) is 0 Å². The molecule has 0 radical (unpaired) electrons. The molecule has 0 aliphatic heterocycles. The zero-order valence-electron chi connectivity index (χ0n) is 46.0. The Morgan fingerprint density at radius 3 is 1.30 bits per heavy atom. The summed E-state index contributed by atoms with van der Waals surface area (Å²) in [5.41, 5.74) is 0. The number of likely N-dealkylation sites (N-methyl/N-ethyl adjacent to an activating group) is 1. The molecular formula is C61H108N2O7P+. The van der Waals surface area contributed by atoms with Gasteiger partial charge in [0.25, 0.3) is 0 Å². The van der Waals surface area contributed by atoms with Crippen LogP contribution in [0.4, 0.5) is 0 Å². The highest BCUT2D eigenvalue weighted by molar-refractivity contribution is 7.47. The van der Waals surface area contributed by atoms with E-state index >= 15 is 0 Å². The lowest BCUT2D eigenvalue weighted by Crippen LogP contribution is -2.51. The predicted molar refractivity (Wildman–Crippen MR) is 305 cm³/mol. The lowest BCUT2D eigenvalue weighted by Gasteiger charge is -2.28. The fourth-order valence-electron chi connectivity index (χ4n) is 7.63. The molecule has 4 atom stereocenters. The number of quaternary nitrogens is 1. The summed E-state index contributed by atoms with van der Waals surface area (Å²) in [6.45, 7) is 4.44. The van der Waals surface area contributed by atoms with Crippen molar-refractivity contribution < 1.29 is 38.0 Å². The van der Waals surface area contributed by atoms with Crippen LogP contribution in [0.2, 0.25) is 0 Å². The summed E-state index contributed by atoms with van der Waals surface area (Å²) in [4.78, 5) is 23.3. The molecule has 0 aromatic heterocycles. The molecule has 0 aliphatic carbocycles. The van der Waals surface area contributed by atoms with Crippen LogP contribution in [-0.4, -0.2) is 84.6 Å². The number of allylic oxidation sites excluding steroid dienone is 18. The first-order valence-corrected chi connectivity index (χ1v) is 29.8. The smallest absolute Gasteiger partial charge is 0.390 e. The van der Waals surface area contributed by atoms with E-state index in [1.54, 1.807) is 0 Å². The van der Waals surface area contributed by atoms with Crippen molar-refractivity contribution in [1.29, 1.82) is 0 Å². The Bertz CT molecular complexity index is 1540. The van der Waals surface area contributed by atoms with Crippen LogP contribution in [0.15, 0.2) is 109 Å². The van der Waals surface area contributed by atoms with E-state index in [1.807, 2.05) is 21.1 Å². The Balaban J connectivity index is 4.21. The molecule has 71 heavy (non-hydrogen) atoms. The highest BCUT2D eigenvalue weighted by Crippen LogP contribution is 2.43. The maximum atomic E-state index is 13.0. The Morgan fingerprint density at radius 2 is 0.873 bits per heavy atom. The van der Waals surface area contributed by atoms with E-state index < -0.39 is 32.7 Å². The van der Waals surface area contributed by atoms with E-state index in [0.717, 1.165) is 89.9 Å². The van der Waals surface area contributed by atoms with Crippen LogP contribution in [-0.2, 0) is 18.4 Å². The first-order valence-electron chi connectivity index (χ1n) is 28.3. The topological polar surface area (TPSA) is 125 Å². The molecule has 0 heterocycles. The van der Waals surface area contributed by atoms with Crippen molar-refractivity contribution in [2.24, 2.45) is 0 Å². The third-order valence-electron chi connectivity index (χ3n) is 12.1. The van der Waals surface area contributed by atoms with Crippen molar-refractivity contribution in [1.82, 2.24) is 5.32 Å². The zero-order valence-corrected chi connectivity index (χ0v) is 46.9. The maximum Gasteiger partial charge on any atom is 0.472 e. The van der Waals surface area contributed by atoms with Crippen LogP contribution < -0.4 is 5.32 Å². The molecule has 4 unspecified atom stereocenters. The largest absolute Gasteiger partial charge is 0.472 e. The van der Waals surface area contributed by atoms with Crippen molar-refractivity contribution in [2.45, 2.75) is 231 Å². The lowest BCUT2D eigenvalue weighted by molar-refractivity contribution is -0.870. The lowest BCUT2D eigenvalue weighted by atomic mass is 10.0. The first-order chi connectivity index (χ1) is 34.4. The number of aliphatic hydroxyl groups is 2. The summed E-state index contributed by atoms with van der Waals surface area (Å²) in [6.07, 6.45) is 70.3. The number of carbonyl (C=O) groups is 1. The fourth-order valence-corrected chi connectivity index (χ4v) is 8.36. The van der Waals surface area contributed by atoms with E-state index in [2.05, 4.69) is 129 Å². The van der Waals surface area contributed by atoms with Gasteiger partial charge in [-0.1, -0.05) is 213 Å². The van der Waals surface area contributed by atoms with Gasteiger partial charge in [0.15, 0.2) is 0 Å². The molecule has 4 N–H and O–H groups in total. The quantitative estimate of drug-likeness (QED) is 0.0207. The van der Waals surface area contributed by atoms with Crippen molar-refractivity contribution in [3.8, 4) is 0 Å². The minimum absolute atomic E-state index is 0.0105. The van der Waals surface area contributed by atoms with Gasteiger partial charge in [-0.3, -0.25) is 13.8 Å². The molecule has 9 nitrogen and oxygen atoms in total. The van der Waals surface area contributed by atoms with Crippen LogP contribution in [0, 0.1) is 0 Å². The number of nitrogens with zero attached hydrogens (tertiary/aromatic N) is 1. The van der Waals surface area contributed by atoms with Gasteiger partial charge >= 0.3 is 7.82 Å². The number of hydrogen-bond acceptors (Lipinski definition) is 6. The van der Waals surface area contributed by atoms with Gasteiger partial charge < -0.3 is 24.9 Å². The molecule has 10 heteroatoms. The molecule has 1 amide bonds. The number of rotatable bonds is 50. The predicted octanol–water partition coefficient (Wildman–Crippen LogP) is 16.2. The average Bonchev–Trinajstić information content (AvgIpc) is 3.33. The number of aliphatic hydroxyl groups excluding tert-OH is 2. The van der Waals surface area contributed by atoms with E-state index in [1.165, 1.54) is 83.5 Å². The number of nitrogens with one attached hydrogen (secondary N) is 1. The second-order valence-electron chi connectivity index (χ2n) is 20.1. The van der Waals surface area contributed by atoms with Gasteiger partial charge in [-0.15, -0.1) is 0 Å². The van der Waals surface area contributed by atoms with Crippen molar-refractivity contribution >= 4 is 13.7 Å². The Morgan fingerprint density at radius 1 is 0.507 bits per heavy atom. The normalized spacial score (nSPS) is 15.2. The maximum absolute atomic E-state index is 13.0. The van der Waals surface area contributed by atoms with Crippen LogP contribution in [0.25, 0.3) is 0 Å². The van der Waals surface area contributed by atoms with Gasteiger partial charge in [0.1, 0.15) is 19.3 Å². The third kappa shape index (κ3) is 51.8. The van der Waals surface area contributed by atoms with Gasteiger partial charge in [-0.25, -0.2) is 4.57 Å². The Kier molecular flexibility index (Phi) is 48.6. The minimum atomic E-state index is -4.44. The van der Waals surface area contributed by atoms with E-state index in [-0.39, 0.29) is 18.9 Å².